The molecule has 7 heteroatoms. The van der Waals surface area contributed by atoms with E-state index in [4.69, 9.17) is 0 Å². The lowest BCUT2D eigenvalue weighted by Gasteiger charge is -2.05. The third kappa shape index (κ3) is 3.80. The maximum atomic E-state index is 12.8. The van der Waals surface area contributed by atoms with Crippen LogP contribution < -0.4 is 5.69 Å². The van der Waals surface area contributed by atoms with E-state index in [2.05, 4.69) is 9.97 Å². The lowest BCUT2D eigenvalue weighted by atomic mass is 10.1. The van der Waals surface area contributed by atoms with E-state index in [-0.39, 0.29) is 17.2 Å². The molecule has 0 amide bonds. The van der Waals surface area contributed by atoms with Crippen molar-refractivity contribution >= 4 is 28.6 Å². The molecule has 0 N–H and O–H groups in total. The van der Waals surface area contributed by atoms with E-state index in [1.165, 1.54) is 18.1 Å². The van der Waals surface area contributed by atoms with Gasteiger partial charge in [0, 0.05) is 24.2 Å². The second kappa shape index (κ2) is 8.67. The van der Waals surface area contributed by atoms with Gasteiger partial charge in [0.05, 0.1) is 22.5 Å². The quantitative estimate of drug-likeness (QED) is 0.255. The van der Waals surface area contributed by atoms with Crippen molar-refractivity contribution in [2.45, 2.75) is 32.0 Å². The van der Waals surface area contributed by atoms with Gasteiger partial charge in [-0.05, 0) is 38.1 Å². The molecule has 152 valence electrons. The molecule has 2 heterocycles. The van der Waals surface area contributed by atoms with E-state index in [0.29, 0.717) is 18.7 Å². The minimum Gasteiger partial charge on any atom is -0.293 e. The van der Waals surface area contributed by atoms with Gasteiger partial charge in [0.15, 0.2) is 5.78 Å². The third-order valence-electron chi connectivity index (χ3n) is 5.04. The van der Waals surface area contributed by atoms with Crippen LogP contribution in [-0.4, -0.2) is 30.6 Å². The highest BCUT2D eigenvalue weighted by Gasteiger charge is 2.15. The predicted molar refractivity (Wildman–Crippen MR) is 120 cm³/mol. The Labute approximate surface area is 178 Å². The summed E-state index contributed by atoms with van der Waals surface area (Å²) in [6.07, 6.45) is 1.52. The summed E-state index contributed by atoms with van der Waals surface area (Å²) in [6, 6.07) is 17.3. The summed E-state index contributed by atoms with van der Waals surface area (Å²) in [5.41, 5.74) is 4.06. The fourth-order valence-electron chi connectivity index (χ4n) is 3.51. The zero-order chi connectivity index (χ0) is 21.1. The molecule has 0 bridgehead atoms. The van der Waals surface area contributed by atoms with E-state index in [1.54, 1.807) is 15.2 Å². The Hall–Kier alpha value is -3.19. The molecule has 2 aromatic carbocycles. The van der Waals surface area contributed by atoms with Gasteiger partial charge in [-0.15, -0.1) is 0 Å². The molecule has 0 saturated heterocycles. The van der Waals surface area contributed by atoms with Gasteiger partial charge in [-0.1, -0.05) is 42.1 Å². The number of carbonyl (C=O) groups is 1. The lowest BCUT2D eigenvalue weighted by Crippen LogP contribution is -2.23. The molecule has 0 aliphatic heterocycles. The first-order valence-electron chi connectivity index (χ1n) is 9.89. The summed E-state index contributed by atoms with van der Waals surface area (Å²) in [4.78, 5) is 33.9. The molecule has 30 heavy (non-hydrogen) atoms. The molecular formula is C23H22N4O2S. The summed E-state index contributed by atoms with van der Waals surface area (Å²) in [6.45, 7) is 5.05. The number of Topliss-reactive ketones (excluding diaryl/α,β-unsaturated/α-hetero) is 1. The van der Waals surface area contributed by atoms with Gasteiger partial charge in [-0.25, -0.2) is 14.8 Å². The first kappa shape index (κ1) is 20.1. The fourth-order valence-corrected chi connectivity index (χ4v) is 4.27. The first-order valence-corrected chi connectivity index (χ1v) is 10.9. The molecule has 0 unspecified atom stereocenters. The van der Waals surface area contributed by atoms with Gasteiger partial charge in [0.2, 0.25) is 0 Å². The van der Waals surface area contributed by atoms with Crippen LogP contribution in [0.3, 0.4) is 0 Å². The average Bonchev–Trinajstić information content (AvgIpc) is 3.07. The Bertz CT molecular complexity index is 1260. The molecule has 0 atom stereocenters. The molecule has 4 aromatic rings. The van der Waals surface area contributed by atoms with Crippen LogP contribution in [0.25, 0.3) is 22.3 Å². The van der Waals surface area contributed by atoms with Crippen molar-refractivity contribution in [3.8, 4) is 11.3 Å². The number of fused-ring (bicyclic) bond motifs is 1. The molecule has 0 fully saturated rings. The number of hydrogen-bond donors (Lipinski definition) is 0. The Morgan fingerprint density at radius 2 is 1.67 bits per heavy atom. The van der Waals surface area contributed by atoms with Crippen LogP contribution in [0.1, 0.15) is 24.2 Å². The average molecular weight is 419 g/mol. The van der Waals surface area contributed by atoms with E-state index >= 15 is 0 Å². The molecule has 0 aliphatic carbocycles. The summed E-state index contributed by atoms with van der Waals surface area (Å²) in [5.74, 6) is 0.267. The number of thioether (sulfide) groups is 1. The van der Waals surface area contributed by atoms with Crippen molar-refractivity contribution in [1.29, 1.82) is 0 Å². The Morgan fingerprint density at radius 1 is 0.933 bits per heavy atom. The summed E-state index contributed by atoms with van der Waals surface area (Å²) in [5, 5.41) is 0.751. The van der Waals surface area contributed by atoms with E-state index < -0.39 is 0 Å². The normalized spacial score (nSPS) is 11.1. The van der Waals surface area contributed by atoms with Gasteiger partial charge in [-0.2, -0.15) is 0 Å². The molecular weight excluding hydrogens is 396 g/mol. The molecule has 6 nitrogen and oxygen atoms in total. The number of ketones is 1. The third-order valence-corrected chi connectivity index (χ3v) is 5.96. The van der Waals surface area contributed by atoms with E-state index in [0.717, 1.165) is 27.3 Å². The van der Waals surface area contributed by atoms with E-state index in [9.17, 15) is 9.59 Å². The van der Waals surface area contributed by atoms with E-state index in [1.807, 2.05) is 62.4 Å². The van der Waals surface area contributed by atoms with Gasteiger partial charge in [0.1, 0.15) is 11.4 Å². The molecule has 0 saturated carbocycles. The standard InChI is InChI=1S/C23H22N4O2S/c1-3-26-19-11-10-17(12-20(19)27(4-2)23(26)29)21(28)14-30-22-13-18(24-15-25-22)16-8-6-5-7-9-16/h5-13,15H,3-4,14H2,1-2H3. The Morgan fingerprint density at radius 3 is 2.40 bits per heavy atom. The lowest BCUT2D eigenvalue weighted by molar-refractivity contribution is 0.102. The number of benzene rings is 2. The summed E-state index contributed by atoms with van der Waals surface area (Å²) in [7, 11) is 0. The maximum Gasteiger partial charge on any atom is 0.329 e. The van der Waals surface area contributed by atoms with Crippen LogP contribution in [0.15, 0.2) is 70.7 Å². The number of aromatic nitrogens is 4. The molecule has 0 spiro atoms. The highest BCUT2D eigenvalue weighted by atomic mass is 32.2. The van der Waals surface area contributed by atoms with Crippen molar-refractivity contribution in [2.75, 3.05) is 5.75 Å². The van der Waals surface area contributed by atoms with Crippen molar-refractivity contribution in [2.24, 2.45) is 0 Å². The van der Waals surface area contributed by atoms with Crippen LogP contribution in [0, 0.1) is 0 Å². The number of nitrogens with zero attached hydrogens (tertiary/aromatic N) is 4. The summed E-state index contributed by atoms with van der Waals surface area (Å²) < 4.78 is 3.44. The van der Waals surface area contributed by atoms with Gasteiger partial charge >= 0.3 is 5.69 Å². The number of aryl methyl sites for hydroxylation is 2. The second-order valence-corrected chi connectivity index (χ2v) is 7.79. The number of carbonyl (C=O) groups excluding carboxylic acids is 1. The molecule has 4 rings (SSSR count). The van der Waals surface area contributed by atoms with Crippen LogP contribution >= 0.6 is 11.8 Å². The van der Waals surface area contributed by atoms with Crippen LogP contribution in [0.2, 0.25) is 0 Å². The van der Waals surface area contributed by atoms with Crippen LogP contribution in [-0.2, 0) is 13.1 Å². The molecule has 0 radical (unpaired) electrons. The Kier molecular flexibility index (Phi) is 5.81. The van der Waals surface area contributed by atoms with Crippen molar-refractivity contribution < 1.29 is 4.79 Å². The van der Waals surface area contributed by atoms with Gasteiger partial charge < -0.3 is 0 Å². The molecule has 0 aliphatic rings. The number of imidazole rings is 1. The highest BCUT2D eigenvalue weighted by molar-refractivity contribution is 7.99. The Balaban J connectivity index is 1.55. The monoisotopic (exact) mass is 418 g/mol. The van der Waals surface area contributed by atoms with Crippen LogP contribution in [0.4, 0.5) is 0 Å². The largest absolute Gasteiger partial charge is 0.329 e. The zero-order valence-electron chi connectivity index (χ0n) is 16.9. The number of hydrogen-bond acceptors (Lipinski definition) is 5. The maximum absolute atomic E-state index is 12.8. The van der Waals surface area contributed by atoms with Gasteiger partial charge in [0.25, 0.3) is 0 Å². The highest BCUT2D eigenvalue weighted by Crippen LogP contribution is 2.23. The minimum absolute atomic E-state index is 0.00104. The predicted octanol–water partition coefficient (Wildman–Crippen LogP) is 4.27. The smallest absolute Gasteiger partial charge is 0.293 e. The van der Waals surface area contributed by atoms with Crippen LogP contribution in [0.5, 0.6) is 0 Å². The van der Waals surface area contributed by atoms with Crippen molar-refractivity contribution in [3.05, 3.63) is 77.0 Å². The fraction of sp³-hybridized carbons (Fsp3) is 0.217. The topological polar surface area (TPSA) is 69.8 Å². The number of rotatable bonds is 7. The van der Waals surface area contributed by atoms with Crippen molar-refractivity contribution in [1.82, 2.24) is 19.1 Å². The SMILES string of the molecule is CCn1c(=O)n(CC)c2cc(C(=O)CSc3cc(-c4ccccc4)ncn3)ccc21. The second-order valence-electron chi connectivity index (χ2n) is 6.79. The van der Waals surface area contributed by atoms with Crippen molar-refractivity contribution in [3.63, 3.8) is 0 Å². The summed E-state index contributed by atoms with van der Waals surface area (Å²) >= 11 is 1.39. The first-order chi connectivity index (χ1) is 14.6. The van der Waals surface area contributed by atoms with Gasteiger partial charge in [-0.3, -0.25) is 13.9 Å². The zero-order valence-corrected chi connectivity index (χ0v) is 17.7. The molecule has 2 aromatic heterocycles. The minimum atomic E-state index is -0.0385.